The van der Waals surface area contributed by atoms with E-state index in [-0.39, 0.29) is 5.91 Å². The fourth-order valence-electron chi connectivity index (χ4n) is 3.60. The van der Waals surface area contributed by atoms with E-state index < -0.39 is 23.1 Å². The number of amides is 2. The van der Waals surface area contributed by atoms with Crippen LogP contribution in [-0.2, 0) is 21.4 Å². The molecule has 1 saturated heterocycles. The number of fused-ring (bicyclic) bond motifs is 1. The van der Waals surface area contributed by atoms with E-state index in [4.69, 9.17) is 0 Å². The van der Waals surface area contributed by atoms with Crippen molar-refractivity contribution in [2.75, 3.05) is 12.0 Å². The lowest BCUT2D eigenvalue weighted by Gasteiger charge is -2.27. The Morgan fingerprint density at radius 1 is 1.28 bits per heavy atom. The minimum absolute atomic E-state index is 0.320. The molecule has 0 saturated carbocycles. The Hall–Kier alpha value is -2.90. The van der Waals surface area contributed by atoms with Gasteiger partial charge < -0.3 is 4.90 Å². The van der Waals surface area contributed by atoms with Gasteiger partial charge in [0.05, 0.1) is 16.9 Å². The molecule has 2 heterocycles. The first-order chi connectivity index (χ1) is 13.7. The van der Waals surface area contributed by atoms with Crippen LogP contribution < -0.4 is 10.9 Å². The van der Waals surface area contributed by atoms with Crippen molar-refractivity contribution in [2.45, 2.75) is 53.0 Å². The van der Waals surface area contributed by atoms with Crippen LogP contribution in [-0.4, -0.2) is 44.9 Å². The van der Waals surface area contributed by atoms with E-state index in [0.29, 0.717) is 31.5 Å². The van der Waals surface area contributed by atoms with Crippen molar-refractivity contribution in [1.29, 1.82) is 0 Å². The summed E-state index contributed by atoms with van der Waals surface area (Å²) >= 11 is 0. The molecule has 2 N–H and O–H groups in total. The topological polar surface area (TPSA) is 96.3 Å². The number of hydrogen-bond donors (Lipinski definition) is 2. The van der Waals surface area contributed by atoms with E-state index in [0.717, 1.165) is 16.6 Å². The zero-order valence-corrected chi connectivity index (χ0v) is 17.7. The smallest absolute Gasteiger partial charge is 0.291 e. The van der Waals surface area contributed by atoms with Gasteiger partial charge in [0.1, 0.15) is 6.04 Å². The van der Waals surface area contributed by atoms with Crippen LogP contribution in [0.5, 0.6) is 0 Å². The van der Waals surface area contributed by atoms with Crippen LogP contribution in [0.4, 0.5) is 5.69 Å². The number of hydrazine groups is 1. The van der Waals surface area contributed by atoms with Crippen molar-refractivity contribution >= 4 is 34.2 Å². The van der Waals surface area contributed by atoms with Crippen LogP contribution in [0.2, 0.25) is 0 Å². The van der Waals surface area contributed by atoms with Gasteiger partial charge in [0.25, 0.3) is 11.8 Å². The van der Waals surface area contributed by atoms with Crippen LogP contribution in [0.1, 0.15) is 45.7 Å². The highest BCUT2D eigenvalue weighted by Crippen LogP contribution is 2.26. The summed E-state index contributed by atoms with van der Waals surface area (Å²) in [6.45, 7) is 7.77. The van der Waals surface area contributed by atoms with Gasteiger partial charge in [-0.25, -0.2) is 0 Å². The summed E-state index contributed by atoms with van der Waals surface area (Å²) in [5.74, 6) is -1.33. The quantitative estimate of drug-likeness (QED) is 0.574. The van der Waals surface area contributed by atoms with Crippen molar-refractivity contribution in [3.63, 3.8) is 0 Å². The normalized spacial score (nSPS) is 16.9. The molecule has 1 aromatic heterocycles. The van der Waals surface area contributed by atoms with E-state index in [1.54, 1.807) is 18.5 Å². The van der Waals surface area contributed by atoms with E-state index in [9.17, 15) is 14.4 Å². The van der Waals surface area contributed by atoms with Gasteiger partial charge in [-0.05, 0) is 44.4 Å². The van der Waals surface area contributed by atoms with Crippen LogP contribution in [0.25, 0.3) is 10.9 Å². The Balaban J connectivity index is 1.67. The molecule has 3 rings (SSSR count). The number of hydrogen-bond acceptors (Lipinski definition) is 5. The number of aryl methyl sites for hydroxylation is 2. The summed E-state index contributed by atoms with van der Waals surface area (Å²) in [5, 5.41) is 5.44. The van der Waals surface area contributed by atoms with Gasteiger partial charge >= 0.3 is 0 Å². The van der Waals surface area contributed by atoms with Crippen molar-refractivity contribution in [1.82, 2.24) is 20.1 Å². The Labute approximate surface area is 170 Å². The number of nitrogens with zero attached hydrogens (tertiary/aromatic N) is 3. The van der Waals surface area contributed by atoms with Gasteiger partial charge in [-0.15, -0.1) is 0 Å². The van der Waals surface area contributed by atoms with E-state index in [1.807, 2.05) is 39.1 Å². The van der Waals surface area contributed by atoms with Gasteiger partial charge in [-0.1, -0.05) is 20.8 Å². The standard InChI is InChI=1S/C21H29N5O3/c1-6-21(3,4)18(27)20(29)26-11-7-8-16(26)19(28)23-22-14-9-10-15-13(2)24-25(5)17(15)12-14/h9-10,12,16,22H,6-8,11H2,1-5H3,(H,23,28). The SMILES string of the molecule is CCC(C)(C)C(=O)C(=O)N1CCCC1C(=O)NNc1ccc2c(C)nn(C)c2c1. The fourth-order valence-corrected chi connectivity index (χ4v) is 3.60. The number of aromatic nitrogens is 2. The second-order valence-corrected chi connectivity index (χ2v) is 8.28. The zero-order chi connectivity index (χ0) is 21.3. The van der Waals surface area contributed by atoms with Gasteiger partial charge in [0.2, 0.25) is 5.78 Å². The molecule has 1 fully saturated rings. The average molecular weight is 399 g/mol. The third-order valence-corrected chi connectivity index (χ3v) is 5.88. The predicted molar refractivity (Wildman–Crippen MR) is 111 cm³/mol. The maximum Gasteiger partial charge on any atom is 0.291 e. The summed E-state index contributed by atoms with van der Waals surface area (Å²) in [4.78, 5) is 39.4. The van der Waals surface area contributed by atoms with Crippen molar-refractivity contribution in [2.24, 2.45) is 12.5 Å². The minimum Gasteiger partial charge on any atom is -0.324 e. The number of nitrogens with one attached hydrogen (secondary N) is 2. The molecule has 1 aliphatic rings. The Bertz CT molecular complexity index is 963. The lowest BCUT2D eigenvalue weighted by Crippen LogP contribution is -2.51. The largest absolute Gasteiger partial charge is 0.324 e. The Kier molecular flexibility index (Phi) is 5.64. The van der Waals surface area contributed by atoms with Gasteiger partial charge in [0.15, 0.2) is 0 Å². The molecule has 1 atom stereocenters. The highest BCUT2D eigenvalue weighted by molar-refractivity contribution is 6.38. The molecule has 29 heavy (non-hydrogen) atoms. The lowest BCUT2D eigenvalue weighted by molar-refractivity contribution is -0.151. The number of anilines is 1. The zero-order valence-electron chi connectivity index (χ0n) is 17.7. The number of Topliss-reactive ketones (excluding diaryl/α,β-unsaturated/α-hetero) is 1. The van der Waals surface area contributed by atoms with E-state index in [1.165, 1.54) is 4.90 Å². The van der Waals surface area contributed by atoms with Crippen LogP contribution in [0, 0.1) is 12.3 Å². The summed E-state index contributed by atoms with van der Waals surface area (Å²) in [7, 11) is 1.87. The monoisotopic (exact) mass is 399 g/mol. The second kappa shape index (κ2) is 7.85. The third-order valence-electron chi connectivity index (χ3n) is 5.88. The van der Waals surface area contributed by atoms with Gasteiger partial charge in [-0.3, -0.25) is 29.9 Å². The molecule has 8 heteroatoms. The molecule has 2 amide bonds. The second-order valence-electron chi connectivity index (χ2n) is 8.28. The third kappa shape index (κ3) is 3.97. The number of benzene rings is 1. The van der Waals surface area contributed by atoms with E-state index >= 15 is 0 Å². The molecular formula is C21H29N5O3. The van der Waals surface area contributed by atoms with Gasteiger partial charge in [0, 0.05) is 24.4 Å². The first-order valence-electron chi connectivity index (χ1n) is 10.0. The highest BCUT2D eigenvalue weighted by Gasteiger charge is 2.41. The fraction of sp³-hybridized carbons (Fsp3) is 0.524. The van der Waals surface area contributed by atoms with E-state index in [2.05, 4.69) is 16.0 Å². The highest BCUT2D eigenvalue weighted by atomic mass is 16.2. The number of ketones is 1. The maximum absolute atomic E-state index is 12.7. The molecule has 1 unspecified atom stereocenters. The molecule has 8 nitrogen and oxygen atoms in total. The first kappa shape index (κ1) is 20.8. The minimum atomic E-state index is -0.727. The van der Waals surface area contributed by atoms with Crippen LogP contribution in [0.15, 0.2) is 18.2 Å². The predicted octanol–water partition coefficient (Wildman–Crippen LogP) is 2.32. The summed E-state index contributed by atoms with van der Waals surface area (Å²) in [6.07, 6.45) is 1.81. The summed E-state index contributed by atoms with van der Waals surface area (Å²) < 4.78 is 1.79. The molecule has 0 aliphatic carbocycles. The summed E-state index contributed by atoms with van der Waals surface area (Å²) in [5.41, 5.74) is 7.48. The molecule has 0 radical (unpaired) electrons. The molecule has 1 aromatic carbocycles. The Morgan fingerprint density at radius 3 is 2.69 bits per heavy atom. The van der Waals surface area contributed by atoms with Crippen LogP contribution in [0.3, 0.4) is 0 Å². The molecule has 1 aliphatic heterocycles. The molecule has 2 aromatic rings. The number of likely N-dealkylation sites (tertiary alicyclic amines) is 1. The van der Waals surface area contributed by atoms with Crippen molar-refractivity contribution in [3.05, 3.63) is 23.9 Å². The van der Waals surface area contributed by atoms with Crippen molar-refractivity contribution in [3.8, 4) is 0 Å². The van der Waals surface area contributed by atoms with Gasteiger partial charge in [-0.2, -0.15) is 5.10 Å². The molecule has 156 valence electrons. The molecule has 0 bridgehead atoms. The lowest BCUT2D eigenvalue weighted by atomic mass is 9.84. The molecular weight excluding hydrogens is 370 g/mol. The van der Waals surface area contributed by atoms with Crippen molar-refractivity contribution < 1.29 is 14.4 Å². The first-order valence-corrected chi connectivity index (χ1v) is 10.0. The maximum atomic E-state index is 12.7. The Morgan fingerprint density at radius 2 is 2.00 bits per heavy atom. The number of carbonyl (C=O) groups excluding carboxylic acids is 3. The van der Waals surface area contributed by atoms with Crippen LogP contribution >= 0.6 is 0 Å². The molecule has 0 spiro atoms. The summed E-state index contributed by atoms with van der Waals surface area (Å²) in [6, 6.07) is 5.07. The number of carbonyl (C=O) groups is 3. The average Bonchev–Trinajstić information content (AvgIpc) is 3.30. The number of rotatable bonds is 6.